The van der Waals surface area contributed by atoms with Gasteiger partial charge < -0.3 is 4.74 Å². The van der Waals surface area contributed by atoms with E-state index in [2.05, 4.69) is 18.2 Å². The molecule has 3 nitrogen and oxygen atoms in total. The van der Waals surface area contributed by atoms with Crippen molar-refractivity contribution in [2.75, 3.05) is 0 Å². The SMILES string of the molecule is CC(C)(C)C(=O)OC(=O)C[C@H]1CCc2ccccc2C1. The highest BCUT2D eigenvalue weighted by atomic mass is 16.6. The van der Waals surface area contributed by atoms with Crippen molar-refractivity contribution < 1.29 is 14.3 Å². The Balaban J connectivity index is 1.89. The number of hydrogen-bond donors (Lipinski definition) is 0. The first-order valence-corrected chi connectivity index (χ1v) is 7.18. The number of hydrogen-bond acceptors (Lipinski definition) is 3. The Labute approximate surface area is 120 Å². The number of ether oxygens (including phenoxy) is 1. The first-order chi connectivity index (χ1) is 9.36. The van der Waals surface area contributed by atoms with Crippen molar-refractivity contribution in [1.29, 1.82) is 0 Å². The molecule has 0 spiro atoms. The fourth-order valence-electron chi connectivity index (χ4n) is 2.48. The molecule has 2 rings (SSSR count). The molecule has 0 aliphatic heterocycles. The van der Waals surface area contributed by atoms with Gasteiger partial charge in [-0.25, -0.2) is 0 Å². The van der Waals surface area contributed by atoms with E-state index in [0.29, 0.717) is 6.42 Å². The van der Waals surface area contributed by atoms with E-state index in [1.807, 2.05) is 6.07 Å². The van der Waals surface area contributed by atoms with Gasteiger partial charge in [-0.2, -0.15) is 0 Å². The van der Waals surface area contributed by atoms with E-state index < -0.39 is 17.4 Å². The summed E-state index contributed by atoms with van der Waals surface area (Å²) in [6.45, 7) is 5.25. The van der Waals surface area contributed by atoms with Crippen molar-refractivity contribution in [1.82, 2.24) is 0 Å². The topological polar surface area (TPSA) is 43.4 Å². The monoisotopic (exact) mass is 274 g/mol. The third-order valence-electron chi connectivity index (χ3n) is 3.72. The van der Waals surface area contributed by atoms with Crippen molar-refractivity contribution in [3.63, 3.8) is 0 Å². The highest BCUT2D eigenvalue weighted by Gasteiger charge is 2.28. The van der Waals surface area contributed by atoms with Crippen LogP contribution >= 0.6 is 0 Å². The first kappa shape index (κ1) is 14.8. The lowest BCUT2D eigenvalue weighted by atomic mass is 9.82. The van der Waals surface area contributed by atoms with Gasteiger partial charge in [0, 0.05) is 6.42 Å². The first-order valence-electron chi connectivity index (χ1n) is 7.18. The van der Waals surface area contributed by atoms with Gasteiger partial charge in [-0.1, -0.05) is 24.3 Å². The summed E-state index contributed by atoms with van der Waals surface area (Å²) in [5.74, 6) is -0.557. The molecule has 0 N–H and O–H groups in total. The normalized spacial score (nSPS) is 18.2. The third-order valence-corrected chi connectivity index (χ3v) is 3.72. The van der Waals surface area contributed by atoms with Crippen LogP contribution < -0.4 is 0 Å². The maximum atomic E-state index is 11.8. The zero-order valence-corrected chi connectivity index (χ0v) is 12.4. The summed E-state index contributed by atoms with van der Waals surface area (Å²) in [5.41, 5.74) is 2.07. The molecule has 3 heteroatoms. The van der Waals surface area contributed by atoms with E-state index in [1.54, 1.807) is 20.8 Å². The second kappa shape index (κ2) is 5.78. The van der Waals surface area contributed by atoms with Crippen LogP contribution in [-0.4, -0.2) is 11.9 Å². The quantitative estimate of drug-likeness (QED) is 0.614. The van der Waals surface area contributed by atoms with E-state index in [0.717, 1.165) is 19.3 Å². The van der Waals surface area contributed by atoms with Gasteiger partial charge in [0.1, 0.15) is 0 Å². The lowest BCUT2D eigenvalue weighted by molar-refractivity contribution is -0.166. The molecule has 0 saturated carbocycles. The Morgan fingerprint density at radius 3 is 2.50 bits per heavy atom. The van der Waals surface area contributed by atoms with Crippen LogP contribution in [0.15, 0.2) is 24.3 Å². The Bertz CT molecular complexity index is 511. The lowest BCUT2D eigenvalue weighted by Crippen LogP contribution is -2.27. The second-order valence-corrected chi connectivity index (χ2v) is 6.59. The van der Waals surface area contributed by atoms with Crippen molar-refractivity contribution in [2.24, 2.45) is 11.3 Å². The Morgan fingerprint density at radius 1 is 1.20 bits per heavy atom. The number of carbonyl (C=O) groups is 2. The molecule has 1 atom stereocenters. The zero-order chi connectivity index (χ0) is 14.8. The van der Waals surface area contributed by atoms with Crippen LogP contribution in [0.3, 0.4) is 0 Å². The average molecular weight is 274 g/mol. The molecule has 20 heavy (non-hydrogen) atoms. The maximum Gasteiger partial charge on any atom is 0.318 e. The molecular formula is C17H22O3. The van der Waals surface area contributed by atoms with E-state index in [1.165, 1.54) is 11.1 Å². The van der Waals surface area contributed by atoms with E-state index in [4.69, 9.17) is 4.74 Å². The van der Waals surface area contributed by atoms with E-state index in [-0.39, 0.29) is 5.92 Å². The molecule has 0 bridgehead atoms. The van der Waals surface area contributed by atoms with Crippen LogP contribution in [0.4, 0.5) is 0 Å². The molecule has 1 aromatic carbocycles. The summed E-state index contributed by atoms with van der Waals surface area (Å²) in [6, 6.07) is 8.35. The second-order valence-electron chi connectivity index (χ2n) is 6.59. The highest BCUT2D eigenvalue weighted by Crippen LogP contribution is 2.28. The smallest absolute Gasteiger partial charge is 0.318 e. The van der Waals surface area contributed by atoms with Gasteiger partial charge >= 0.3 is 11.9 Å². The van der Waals surface area contributed by atoms with Gasteiger partial charge in [0.25, 0.3) is 0 Å². The van der Waals surface area contributed by atoms with Crippen molar-refractivity contribution in [2.45, 2.75) is 46.5 Å². The van der Waals surface area contributed by atoms with E-state index in [9.17, 15) is 9.59 Å². The molecule has 0 aromatic heterocycles. The van der Waals surface area contributed by atoms with Gasteiger partial charge in [-0.3, -0.25) is 9.59 Å². The minimum absolute atomic E-state index is 0.283. The standard InChI is InChI=1S/C17H22O3/c1-17(2,3)16(19)20-15(18)11-12-8-9-13-6-4-5-7-14(13)10-12/h4-7,12H,8-11H2,1-3H3/t12-/m0/s1. The molecule has 0 heterocycles. The van der Waals surface area contributed by atoms with Crippen LogP contribution in [0.5, 0.6) is 0 Å². The number of fused-ring (bicyclic) bond motifs is 1. The lowest BCUT2D eigenvalue weighted by Gasteiger charge is -2.24. The molecular weight excluding hydrogens is 252 g/mol. The minimum atomic E-state index is -0.630. The fraction of sp³-hybridized carbons (Fsp3) is 0.529. The molecule has 1 aromatic rings. The average Bonchev–Trinajstić information content (AvgIpc) is 2.37. The predicted octanol–water partition coefficient (Wildman–Crippen LogP) is 3.30. The number of carbonyl (C=O) groups excluding carboxylic acids is 2. The number of rotatable bonds is 2. The summed E-state index contributed by atoms with van der Waals surface area (Å²) in [6.07, 6.45) is 3.21. The molecule has 0 saturated heterocycles. The number of benzene rings is 1. The molecule has 1 aliphatic rings. The summed E-state index contributed by atoms with van der Waals surface area (Å²) in [5, 5.41) is 0. The molecule has 0 fully saturated rings. The molecule has 108 valence electrons. The molecule has 0 unspecified atom stereocenters. The van der Waals surface area contributed by atoms with Crippen molar-refractivity contribution >= 4 is 11.9 Å². The van der Waals surface area contributed by atoms with Gasteiger partial charge in [-0.05, 0) is 57.1 Å². The summed E-state index contributed by atoms with van der Waals surface area (Å²) in [4.78, 5) is 23.5. The van der Waals surface area contributed by atoms with Crippen LogP contribution in [0.25, 0.3) is 0 Å². The number of aryl methyl sites for hydroxylation is 1. The maximum absolute atomic E-state index is 11.8. The number of esters is 2. The summed E-state index contributed by atoms with van der Waals surface area (Å²) < 4.78 is 4.93. The Morgan fingerprint density at radius 2 is 1.85 bits per heavy atom. The van der Waals surface area contributed by atoms with Crippen molar-refractivity contribution in [3.05, 3.63) is 35.4 Å². The van der Waals surface area contributed by atoms with E-state index >= 15 is 0 Å². The largest absolute Gasteiger partial charge is 0.393 e. The van der Waals surface area contributed by atoms with Gasteiger partial charge in [-0.15, -0.1) is 0 Å². The van der Waals surface area contributed by atoms with Crippen LogP contribution in [-0.2, 0) is 27.2 Å². The molecule has 0 amide bonds. The Kier molecular flexibility index (Phi) is 4.26. The van der Waals surface area contributed by atoms with Gasteiger partial charge in [0.05, 0.1) is 5.41 Å². The van der Waals surface area contributed by atoms with Crippen LogP contribution in [0, 0.1) is 11.3 Å². The Hall–Kier alpha value is -1.64. The fourth-order valence-corrected chi connectivity index (χ4v) is 2.48. The predicted molar refractivity (Wildman–Crippen MR) is 77.1 cm³/mol. The van der Waals surface area contributed by atoms with Gasteiger partial charge in [0.2, 0.25) is 0 Å². The molecule has 0 radical (unpaired) electrons. The summed E-state index contributed by atoms with van der Waals surface area (Å²) in [7, 11) is 0. The summed E-state index contributed by atoms with van der Waals surface area (Å²) >= 11 is 0. The molecule has 1 aliphatic carbocycles. The van der Waals surface area contributed by atoms with Gasteiger partial charge in [0.15, 0.2) is 0 Å². The van der Waals surface area contributed by atoms with Crippen LogP contribution in [0.2, 0.25) is 0 Å². The van der Waals surface area contributed by atoms with Crippen LogP contribution in [0.1, 0.15) is 44.7 Å². The minimum Gasteiger partial charge on any atom is -0.393 e. The highest BCUT2D eigenvalue weighted by molar-refractivity contribution is 5.88. The van der Waals surface area contributed by atoms with Crippen molar-refractivity contribution in [3.8, 4) is 0 Å². The third kappa shape index (κ3) is 3.69. The zero-order valence-electron chi connectivity index (χ0n) is 12.4.